The number of carbonyl (C=O) groups excluding carboxylic acids is 1. The zero-order valence-electron chi connectivity index (χ0n) is 6.97. The summed E-state index contributed by atoms with van der Waals surface area (Å²) in [4.78, 5) is 11.1. The van der Waals surface area contributed by atoms with Crippen molar-refractivity contribution < 1.29 is 4.79 Å². The fourth-order valence-corrected chi connectivity index (χ4v) is 1.02. The summed E-state index contributed by atoms with van der Waals surface area (Å²) >= 11 is 0. The summed E-state index contributed by atoms with van der Waals surface area (Å²) < 4.78 is 0. The molecule has 0 aromatic rings. The summed E-state index contributed by atoms with van der Waals surface area (Å²) in [7, 11) is 0. The molecule has 1 aliphatic rings. The van der Waals surface area contributed by atoms with Crippen molar-refractivity contribution in [1.29, 1.82) is 0 Å². The minimum atomic E-state index is 0.222. The maximum atomic E-state index is 11.1. The van der Waals surface area contributed by atoms with Gasteiger partial charge in [-0.3, -0.25) is 4.79 Å². The second kappa shape index (κ2) is 3.56. The Labute approximate surface area is 67.7 Å². The van der Waals surface area contributed by atoms with Crippen molar-refractivity contribution in [3.63, 3.8) is 0 Å². The molecule has 0 bridgehead atoms. The minimum absolute atomic E-state index is 0.222. The van der Waals surface area contributed by atoms with Crippen molar-refractivity contribution in [3.05, 3.63) is 12.7 Å². The van der Waals surface area contributed by atoms with Gasteiger partial charge < -0.3 is 5.32 Å². The monoisotopic (exact) mass is 153 g/mol. The second-order valence-electron chi connectivity index (χ2n) is 3.21. The molecule has 0 heterocycles. The van der Waals surface area contributed by atoms with Gasteiger partial charge in [-0.25, -0.2) is 0 Å². The Hall–Kier alpha value is -0.790. The molecule has 2 nitrogen and oxygen atoms in total. The summed E-state index contributed by atoms with van der Waals surface area (Å²) in [5, 5.41) is 2.93. The van der Waals surface area contributed by atoms with Crippen LogP contribution in [0.3, 0.4) is 0 Å². The lowest BCUT2D eigenvalue weighted by Crippen LogP contribution is -2.33. The Morgan fingerprint density at radius 2 is 2.45 bits per heavy atom. The van der Waals surface area contributed by atoms with E-state index in [1.807, 2.05) is 13.0 Å². The van der Waals surface area contributed by atoms with E-state index in [2.05, 4.69) is 11.9 Å². The molecule has 0 aromatic carbocycles. The summed E-state index contributed by atoms with van der Waals surface area (Å²) in [5.74, 6) is 0.543. The van der Waals surface area contributed by atoms with Crippen molar-refractivity contribution in [3.8, 4) is 0 Å². The molecule has 1 unspecified atom stereocenters. The van der Waals surface area contributed by atoms with E-state index >= 15 is 0 Å². The normalized spacial score (nSPS) is 19.0. The summed E-state index contributed by atoms with van der Waals surface area (Å²) in [6, 6.07) is 0.251. The molecular formula is C9H15NO. The second-order valence-corrected chi connectivity index (χ2v) is 3.21. The Kier molecular flexibility index (Phi) is 2.69. The molecule has 0 aliphatic heterocycles. The van der Waals surface area contributed by atoms with E-state index in [4.69, 9.17) is 0 Å². The lowest BCUT2D eigenvalue weighted by Gasteiger charge is -2.10. The van der Waals surface area contributed by atoms with Crippen LogP contribution >= 0.6 is 0 Å². The third-order valence-corrected chi connectivity index (χ3v) is 1.86. The first-order valence-electron chi connectivity index (χ1n) is 4.15. The fourth-order valence-electron chi connectivity index (χ4n) is 1.02. The number of rotatable bonds is 4. The van der Waals surface area contributed by atoms with Gasteiger partial charge in [-0.2, -0.15) is 0 Å². The molecule has 2 heteroatoms. The van der Waals surface area contributed by atoms with Gasteiger partial charge in [0, 0.05) is 12.0 Å². The molecule has 1 fully saturated rings. The highest BCUT2D eigenvalue weighted by atomic mass is 16.2. The lowest BCUT2D eigenvalue weighted by molar-refractivity contribution is -0.122. The Bertz CT molecular complexity index is 161. The minimum Gasteiger partial charge on any atom is -0.353 e. The van der Waals surface area contributed by atoms with Crippen molar-refractivity contribution in [1.82, 2.24) is 5.32 Å². The molecule has 1 rings (SSSR count). The Morgan fingerprint density at radius 3 is 2.91 bits per heavy atom. The number of amides is 1. The van der Waals surface area contributed by atoms with Crippen LogP contribution in [0.5, 0.6) is 0 Å². The topological polar surface area (TPSA) is 29.1 Å². The summed E-state index contributed by atoms with van der Waals surface area (Å²) in [5.41, 5.74) is 0. The van der Waals surface area contributed by atoms with Crippen LogP contribution in [0, 0.1) is 5.92 Å². The predicted molar refractivity (Wildman–Crippen MR) is 45.1 cm³/mol. The molecule has 1 atom stereocenters. The fraction of sp³-hybridized carbons (Fsp3) is 0.667. The van der Waals surface area contributed by atoms with Crippen LogP contribution in [-0.4, -0.2) is 11.9 Å². The highest BCUT2D eigenvalue weighted by molar-refractivity contribution is 5.81. The Balaban J connectivity index is 2.17. The van der Waals surface area contributed by atoms with E-state index in [1.165, 1.54) is 0 Å². The van der Waals surface area contributed by atoms with Crippen LogP contribution in [0.4, 0.5) is 0 Å². The number of hydrogen-bond acceptors (Lipinski definition) is 1. The number of carbonyl (C=O) groups is 1. The average Bonchev–Trinajstić information content (AvgIpc) is 2.67. The lowest BCUT2D eigenvalue weighted by atomic mass is 10.2. The smallest absolute Gasteiger partial charge is 0.223 e. The zero-order chi connectivity index (χ0) is 8.27. The van der Waals surface area contributed by atoms with E-state index < -0.39 is 0 Å². The Morgan fingerprint density at radius 1 is 1.82 bits per heavy atom. The average molecular weight is 153 g/mol. The van der Waals surface area contributed by atoms with Crippen LogP contribution in [0.2, 0.25) is 0 Å². The van der Waals surface area contributed by atoms with Gasteiger partial charge in [0.05, 0.1) is 0 Å². The van der Waals surface area contributed by atoms with Gasteiger partial charge in [0.2, 0.25) is 5.91 Å². The predicted octanol–water partition coefficient (Wildman–Crippen LogP) is 1.48. The third kappa shape index (κ3) is 2.74. The van der Waals surface area contributed by atoms with Crippen LogP contribution in [0.15, 0.2) is 12.7 Å². The van der Waals surface area contributed by atoms with E-state index in [1.54, 1.807) is 0 Å². The molecule has 0 saturated heterocycles. The zero-order valence-corrected chi connectivity index (χ0v) is 6.97. The molecule has 62 valence electrons. The van der Waals surface area contributed by atoms with Gasteiger partial charge in [0.15, 0.2) is 0 Å². The maximum Gasteiger partial charge on any atom is 0.223 e. The first-order valence-corrected chi connectivity index (χ1v) is 4.15. The van der Waals surface area contributed by atoms with Gasteiger partial charge >= 0.3 is 0 Å². The number of hydrogen-bond donors (Lipinski definition) is 1. The van der Waals surface area contributed by atoms with Crippen molar-refractivity contribution in [2.24, 2.45) is 5.92 Å². The molecule has 1 saturated carbocycles. The van der Waals surface area contributed by atoms with Crippen LogP contribution in [0.25, 0.3) is 0 Å². The van der Waals surface area contributed by atoms with Crippen molar-refractivity contribution >= 4 is 5.91 Å². The van der Waals surface area contributed by atoms with Crippen molar-refractivity contribution in [2.45, 2.75) is 32.2 Å². The SMILES string of the molecule is C=CCC(C)NC(=O)C1CC1. The summed E-state index contributed by atoms with van der Waals surface area (Å²) in [6.45, 7) is 5.62. The highest BCUT2D eigenvalue weighted by Crippen LogP contribution is 2.28. The molecule has 11 heavy (non-hydrogen) atoms. The van der Waals surface area contributed by atoms with Crippen molar-refractivity contribution in [2.75, 3.05) is 0 Å². The number of nitrogens with one attached hydrogen (secondary N) is 1. The standard InChI is InChI=1S/C9H15NO/c1-3-4-7(2)10-9(11)8-5-6-8/h3,7-8H,1,4-6H2,2H3,(H,10,11). The highest BCUT2D eigenvalue weighted by Gasteiger charge is 2.29. The molecule has 0 spiro atoms. The van der Waals surface area contributed by atoms with Gasteiger partial charge in [0.25, 0.3) is 0 Å². The molecular weight excluding hydrogens is 138 g/mol. The van der Waals surface area contributed by atoms with E-state index in [0.717, 1.165) is 19.3 Å². The third-order valence-electron chi connectivity index (χ3n) is 1.86. The van der Waals surface area contributed by atoms with Crippen LogP contribution < -0.4 is 5.32 Å². The van der Waals surface area contributed by atoms with Crippen LogP contribution in [0.1, 0.15) is 26.2 Å². The molecule has 0 aromatic heterocycles. The molecule has 1 N–H and O–H groups in total. The van der Waals surface area contributed by atoms with Crippen LogP contribution in [-0.2, 0) is 4.79 Å². The summed E-state index contributed by atoms with van der Waals surface area (Å²) in [6.07, 6.45) is 4.84. The van der Waals surface area contributed by atoms with E-state index in [0.29, 0.717) is 5.92 Å². The first kappa shape index (κ1) is 8.31. The van der Waals surface area contributed by atoms with Gasteiger partial charge in [-0.1, -0.05) is 6.08 Å². The maximum absolute atomic E-state index is 11.1. The van der Waals surface area contributed by atoms with E-state index in [-0.39, 0.29) is 11.9 Å². The van der Waals surface area contributed by atoms with Gasteiger partial charge in [-0.05, 0) is 26.2 Å². The largest absolute Gasteiger partial charge is 0.353 e. The van der Waals surface area contributed by atoms with Gasteiger partial charge in [-0.15, -0.1) is 6.58 Å². The first-order chi connectivity index (χ1) is 5.24. The molecule has 1 aliphatic carbocycles. The molecule has 0 radical (unpaired) electrons. The quantitative estimate of drug-likeness (QED) is 0.609. The van der Waals surface area contributed by atoms with E-state index in [9.17, 15) is 4.79 Å². The molecule has 1 amide bonds. The van der Waals surface area contributed by atoms with Gasteiger partial charge in [0.1, 0.15) is 0 Å².